The van der Waals surface area contributed by atoms with Crippen LogP contribution in [-0.2, 0) is 13.0 Å². The predicted molar refractivity (Wildman–Crippen MR) is 79.0 cm³/mol. The number of ether oxygens (including phenoxy) is 1. The van der Waals surface area contributed by atoms with E-state index in [9.17, 15) is 0 Å². The Balaban J connectivity index is 1.83. The Kier molecular flexibility index (Phi) is 4.81. The summed E-state index contributed by atoms with van der Waals surface area (Å²) in [5.41, 5.74) is 14.4. The van der Waals surface area contributed by atoms with Crippen molar-refractivity contribution in [2.75, 3.05) is 12.3 Å². The van der Waals surface area contributed by atoms with Crippen LogP contribution in [0, 0.1) is 0 Å². The minimum atomic E-state index is 0.444. The number of aryl methyl sites for hydroxylation is 1. The van der Waals surface area contributed by atoms with Gasteiger partial charge in [-0.2, -0.15) is 0 Å². The third-order valence-corrected chi connectivity index (χ3v) is 3.01. The van der Waals surface area contributed by atoms with Crippen molar-refractivity contribution in [2.24, 2.45) is 5.73 Å². The lowest BCUT2D eigenvalue weighted by molar-refractivity contribution is 0.308. The molecule has 0 atom stereocenters. The van der Waals surface area contributed by atoms with Crippen molar-refractivity contribution in [2.45, 2.75) is 19.4 Å². The van der Waals surface area contributed by atoms with Gasteiger partial charge in [0.15, 0.2) is 0 Å². The monoisotopic (exact) mass is 256 g/mol. The van der Waals surface area contributed by atoms with Crippen molar-refractivity contribution in [1.82, 2.24) is 0 Å². The molecule has 0 aliphatic rings. The number of anilines is 1. The highest BCUT2D eigenvalue weighted by molar-refractivity contribution is 5.47. The van der Waals surface area contributed by atoms with Crippen molar-refractivity contribution >= 4 is 5.69 Å². The van der Waals surface area contributed by atoms with E-state index in [1.54, 1.807) is 0 Å². The Morgan fingerprint density at radius 3 is 2.53 bits per heavy atom. The maximum Gasteiger partial charge on any atom is 0.123 e. The fourth-order valence-corrected chi connectivity index (χ4v) is 2.00. The molecule has 0 saturated carbocycles. The van der Waals surface area contributed by atoms with Crippen molar-refractivity contribution in [3.63, 3.8) is 0 Å². The molecular formula is C16H20N2O. The van der Waals surface area contributed by atoms with Gasteiger partial charge in [-0.05, 0) is 36.6 Å². The van der Waals surface area contributed by atoms with E-state index >= 15 is 0 Å². The Bertz CT molecular complexity index is 511. The molecule has 0 bridgehead atoms. The SMILES string of the molecule is NCc1cc(N)ccc1OCCCc1ccccc1. The van der Waals surface area contributed by atoms with Gasteiger partial charge in [0.25, 0.3) is 0 Å². The lowest BCUT2D eigenvalue weighted by atomic mass is 10.1. The third kappa shape index (κ3) is 4.00. The van der Waals surface area contributed by atoms with Gasteiger partial charge in [-0.15, -0.1) is 0 Å². The first-order valence-electron chi connectivity index (χ1n) is 6.55. The summed E-state index contributed by atoms with van der Waals surface area (Å²) in [6, 6.07) is 16.0. The molecule has 2 aromatic carbocycles. The van der Waals surface area contributed by atoms with Gasteiger partial charge < -0.3 is 16.2 Å². The fourth-order valence-electron chi connectivity index (χ4n) is 2.00. The van der Waals surface area contributed by atoms with Gasteiger partial charge in [0, 0.05) is 17.8 Å². The zero-order chi connectivity index (χ0) is 13.5. The second-order valence-electron chi connectivity index (χ2n) is 4.51. The molecule has 19 heavy (non-hydrogen) atoms. The van der Waals surface area contributed by atoms with Gasteiger partial charge in [-0.3, -0.25) is 0 Å². The maximum absolute atomic E-state index is 5.77. The van der Waals surface area contributed by atoms with E-state index in [0.29, 0.717) is 13.2 Å². The van der Waals surface area contributed by atoms with Crippen molar-refractivity contribution in [1.29, 1.82) is 0 Å². The first-order chi connectivity index (χ1) is 9.29. The lowest BCUT2D eigenvalue weighted by Crippen LogP contribution is -2.05. The van der Waals surface area contributed by atoms with Crippen LogP contribution < -0.4 is 16.2 Å². The van der Waals surface area contributed by atoms with Crippen LogP contribution in [0.4, 0.5) is 5.69 Å². The van der Waals surface area contributed by atoms with Crippen molar-refractivity contribution in [3.05, 3.63) is 59.7 Å². The standard InChI is InChI=1S/C16H20N2O/c17-12-14-11-15(18)8-9-16(14)19-10-4-7-13-5-2-1-3-6-13/h1-3,5-6,8-9,11H,4,7,10,12,17-18H2. The fraction of sp³-hybridized carbons (Fsp3) is 0.250. The van der Waals surface area contributed by atoms with E-state index in [2.05, 4.69) is 24.3 Å². The third-order valence-electron chi connectivity index (χ3n) is 3.01. The minimum Gasteiger partial charge on any atom is -0.493 e. The quantitative estimate of drug-likeness (QED) is 0.617. The largest absolute Gasteiger partial charge is 0.493 e. The molecule has 100 valence electrons. The van der Waals surface area contributed by atoms with Crippen LogP contribution in [0.1, 0.15) is 17.5 Å². The van der Waals surface area contributed by atoms with Gasteiger partial charge in [-0.25, -0.2) is 0 Å². The van der Waals surface area contributed by atoms with Crippen LogP contribution in [0.3, 0.4) is 0 Å². The van der Waals surface area contributed by atoms with Gasteiger partial charge in [0.2, 0.25) is 0 Å². The molecule has 4 N–H and O–H groups in total. The van der Waals surface area contributed by atoms with E-state index in [4.69, 9.17) is 16.2 Å². The summed E-state index contributed by atoms with van der Waals surface area (Å²) < 4.78 is 5.77. The molecule has 3 nitrogen and oxygen atoms in total. The van der Waals surface area contributed by atoms with Crippen LogP contribution in [0.15, 0.2) is 48.5 Å². The first-order valence-corrected chi connectivity index (χ1v) is 6.55. The summed E-state index contributed by atoms with van der Waals surface area (Å²) in [4.78, 5) is 0. The van der Waals surface area contributed by atoms with E-state index in [1.165, 1.54) is 5.56 Å². The van der Waals surface area contributed by atoms with E-state index in [1.807, 2.05) is 24.3 Å². The van der Waals surface area contributed by atoms with Gasteiger partial charge in [0.05, 0.1) is 6.61 Å². The van der Waals surface area contributed by atoms with Crippen LogP contribution >= 0.6 is 0 Å². The summed E-state index contributed by atoms with van der Waals surface area (Å²) in [6.45, 7) is 1.13. The second kappa shape index (κ2) is 6.81. The highest BCUT2D eigenvalue weighted by Crippen LogP contribution is 2.21. The Morgan fingerprint density at radius 1 is 1.00 bits per heavy atom. The van der Waals surface area contributed by atoms with Crippen LogP contribution in [0.2, 0.25) is 0 Å². The van der Waals surface area contributed by atoms with Gasteiger partial charge in [-0.1, -0.05) is 30.3 Å². The van der Waals surface area contributed by atoms with E-state index in [-0.39, 0.29) is 0 Å². The Morgan fingerprint density at radius 2 is 1.79 bits per heavy atom. The summed E-state index contributed by atoms with van der Waals surface area (Å²) >= 11 is 0. The highest BCUT2D eigenvalue weighted by atomic mass is 16.5. The maximum atomic E-state index is 5.77. The Labute approximate surface area is 114 Å². The molecule has 2 rings (SSSR count). The molecular weight excluding hydrogens is 236 g/mol. The molecule has 0 unspecified atom stereocenters. The number of benzene rings is 2. The van der Waals surface area contributed by atoms with Crippen molar-refractivity contribution < 1.29 is 4.74 Å². The number of hydrogen-bond donors (Lipinski definition) is 2. The second-order valence-corrected chi connectivity index (χ2v) is 4.51. The molecule has 0 spiro atoms. The molecule has 0 amide bonds. The topological polar surface area (TPSA) is 61.3 Å². The highest BCUT2D eigenvalue weighted by Gasteiger charge is 2.02. The lowest BCUT2D eigenvalue weighted by Gasteiger charge is -2.11. The summed E-state index contributed by atoms with van der Waals surface area (Å²) in [5, 5.41) is 0. The minimum absolute atomic E-state index is 0.444. The van der Waals surface area contributed by atoms with E-state index < -0.39 is 0 Å². The average Bonchev–Trinajstić information content (AvgIpc) is 2.46. The smallest absolute Gasteiger partial charge is 0.123 e. The van der Waals surface area contributed by atoms with Crippen LogP contribution in [-0.4, -0.2) is 6.61 Å². The van der Waals surface area contributed by atoms with Crippen molar-refractivity contribution in [3.8, 4) is 5.75 Å². The molecule has 0 aliphatic heterocycles. The zero-order valence-electron chi connectivity index (χ0n) is 11.0. The van der Waals surface area contributed by atoms with Gasteiger partial charge in [0.1, 0.15) is 5.75 Å². The Hall–Kier alpha value is -2.00. The molecule has 3 heteroatoms. The normalized spacial score (nSPS) is 10.4. The summed E-state index contributed by atoms with van der Waals surface area (Å²) in [7, 11) is 0. The summed E-state index contributed by atoms with van der Waals surface area (Å²) in [6.07, 6.45) is 2.01. The molecule has 0 fully saturated rings. The number of rotatable bonds is 6. The molecule has 2 aromatic rings. The summed E-state index contributed by atoms with van der Waals surface area (Å²) in [5.74, 6) is 0.838. The van der Waals surface area contributed by atoms with E-state index in [0.717, 1.165) is 29.8 Å². The molecule has 0 heterocycles. The van der Waals surface area contributed by atoms with Gasteiger partial charge >= 0.3 is 0 Å². The first kappa shape index (κ1) is 13.4. The number of nitrogen functional groups attached to an aromatic ring is 1. The molecule has 0 aliphatic carbocycles. The number of hydrogen-bond acceptors (Lipinski definition) is 3. The zero-order valence-corrected chi connectivity index (χ0v) is 11.0. The predicted octanol–water partition coefficient (Wildman–Crippen LogP) is 2.74. The van der Waals surface area contributed by atoms with Crippen LogP contribution in [0.25, 0.3) is 0 Å². The van der Waals surface area contributed by atoms with Crippen LogP contribution in [0.5, 0.6) is 5.75 Å². The number of nitrogens with two attached hydrogens (primary N) is 2. The molecule has 0 radical (unpaired) electrons. The average molecular weight is 256 g/mol. The molecule has 0 aromatic heterocycles. The molecule has 0 saturated heterocycles.